The maximum Gasteiger partial charge on any atom is 0.0110 e. The molecule has 1 saturated carbocycles. The maximum absolute atomic E-state index is 3.40. The van der Waals surface area contributed by atoms with Gasteiger partial charge < -0.3 is 5.32 Å². The van der Waals surface area contributed by atoms with Gasteiger partial charge in [0.15, 0.2) is 0 Å². The Morgan fingerprint density at radius 3 is 2.17 bits per heavy atom. The van der Waals surface area contributed by atoms with Gasteiger partial charge in [-0.3, -0.25) is 4.90 Å². The van der Waals surface area contributed by atoms with Gasteiger partial charge in [0.1, 0.15) is 0 Å². The zero-order chi connectivity index (χ0) is 7.52. The number of hydrogen-bond acceptors (Lipinski definition) is 2. The fourth-order valence-electron chi connectivity index (χ4n) is 2.32. The van der Waals surface area contributed by atoms with Crippen LogP contribution in [0.5, 0.6) is 0 Å². The minimum atomic E-state index is 0. The quantitative estimate of drug-likeness (QED) is 0.670. The van der Waals surface area contributed by atoms with Crippen LogP contribution in [0.25, 0.3) is 0 Å². The van der Waals surface area contributed by atoms with Crippen molar-refractivity contribution in [2.75, 3.05) is 26.2 Å². The maximum atomic E-state index is 3.40. The van der Waals surface area contributed by atoms with E-state index in [4.69, 9.17) is 0 Å². The molecular weight excluding hydrogens is 172 g/mol. The minimum absolute atomic E-state index is 0. The molecule has 1 saturated heterocycles. The predicted molar refractivity (Wildman–Crippen MR) is 53.9 cm³/mol. The molecule has 0 spiro atoms. The van der Waals surface area contributed by atoms with Gasteiger partial charge in [-0.25, -0.2) is 0 Å². The van der Waals surface area contributed by atoms with Crippen molar-refractivity contribution in [3.05, 3.63) is 0 Å². The Balaban J connectivity index is 0.000000720. The second-order valence-electron chi connectivity index (χ2n) is 3.72. The Labute approximate surface area is 81.1 Å². The first-order valence-corrected chi connectivity index (χ1v) is 4.91. The van der Waals surface area contributed by atoms with E-state index in [0.717, 1.165) is 6.04 Å². The van der Waals surface area contributed by atoms with E-state index in [1.54, 1.807) is 0 Å². The molecule has 0 aromatic carbocycles. The second-order valence-corrected chi connectivity index (χ2v) is 3.72. The summed E-state index contributed by atoms with van der Waals surface area (Å²) in [7, 11) is 0. The summed E-state index contributed by atoms with van der Waals surface area (Å²) in [5.74, 6) is 0. The van der Waals surface area contributed by atoms with Gasteiger partial charge in [0.25, 0.3) is 0 Å². The van der Waals surface area contributed by atoms with Gasteiger partial charge >= 0.3 is 0 Å². The van der Waals surface area contributed by atoms with Crippen molar-refractivity contribution < 1.29 is 0 Å². The Morgan fingerprint density at radius 1 is 1.00 bits per heavy atom. The summed E-state index contributed by atoms with van der Waals surface area (Å²) in [6.45, 7) is 4.97. The lowest BCUT2D eigenvalue weighted by Crippen LogP contribution is -2.47. The molecule has 2 nitrogen and oxygen atoms in total. The number of nitrogens with zero attached hydrogens (tertiary/aromatic N) is 1. The van der Waals surface area contributed by atoms with E-state index >= 15 is 0 Å². The van der Waals surface area contributed by atoms with Crippen molar-refractivity contribution in [3.63, 3.8) is 0 Å². The van der Waals surface area contributed by atoms with Gasteiger partial charge in [-0.2, -0.15) is 0 Å². The monoisotopic (exact) mass is 190 g/mol. The fraction of sp³-hybridized carbons (Fsp3) is 1.00. The fourth-order valence-corrected chi connectivity index (χ4v) is 2.32. The molecule has 0 aromatic rings. The van der Waals surface area contributed by atoms with Crippen molar-refractivity contribution in [1.29, 1.82) is 0 Å². The lowest BCUT2D eigenvalue weighted by molar-refractivity contribution is 0.175. The van der Waals surface area contributed by atoms with Crippen LogP contribution in [0.4, 0.5) is 0 Å². The van der Waals surface area contributed by atoms with E-state index in [9.17, 15) is 0 Å². The third-order valence-corrected chi connectivity index (χ3v) is 2.99. The average molecular weight is 191 g/mol. The summed E-state index contributed by atoms with van der Waals surface area (Å²) in [5, 5.41) is 3.40. The van der Waals surface area contributed by atoms with Crippen LogP contribution in [0.3, 0.4) is 0 Å². The highest BCUT2D eigenvalue weighted by molar-refractivity contribution is 5.85. The number of hydrogen-bond donors (Lipinski definition) is 1. The number of rotatable bonds is 1. The van der Waals surface area contributed by atoms with Crippen molar-refractivity contribution in [1.82, 2.24) is 10.2 Å². The van der Waals surface area contributed by atoms with Crippen LogP contribution in [0.2, 0.25) is 0 Å². The number of piperazine rings is 1. The molecule has 2 rings (SSSR count). The topological polar surface area (TPSA) is 15.3 Å². The van der Waals surface area contributed by atoms with Gasteiger partial charge in [0, 0.05) is 32.2 Å². The van der Waals surface area contributed by atoms with Crippen LogP contribution >= 0.6 is 12.4 Å². The third kappa shape index (κ3) is 2.35. The molecule has 72 valence electrons. The summed E-state index contributed by atoms with van der Waals surface area (Å²) in [6, 6.07) is 0.942. The molecule has 0 radical (unpaired) electrons. The highest BCUT2D eigenvalue weighted by atomic mass is 35.5. The molecule has 2 fully saturated rings. The highest BCUT2D eigenvalue weighted by Gasteiger charge is 2.22. The van der Waals surface area contributed by atoms with Crippen LogP contribution in [0, 0.1) is 0 Å². The Hall–Kier alpha value is 0.210. The lowest BCUT2D eigenvalue weighted by Gasteiger charge is -2.32. The second kappa shape index (κ2) is 5.05. The Morgan fingerprint density at radius 2 is 1.58 bits per heavy atom. The standard InChI is InChI=1S/C9H18N2.ClH/c1-2-4-9(3-1)11-7-5-10-6-8-11;/h9-10H,1-8H2;1H. The molecule has 0 atom stereocenters. The summed E-state index contributed by atoms with van der Waals surface area (Å²) >= 11 is 0. The van der Waals surface area contributed by atoms with E-state index in [1.807, 2.05) is 0 Å². The predicted octanol–water partition coefficient (Wildman–Crippen LogP) is 1.26. The van der Waals surface area contributed by atoms with Crippen molar-refractivity contribution in [3.8, 4) is 0 Å². The Bertz CT molecular complexity index is 118. The van der Waals surface area contributed by atoms with E-state index in [1.165, 1.54) is 51.9 Å². The van der Waals surface area contributed by atoms with Crippen molar-refractivity contribution >= 4 is 12.4 Å². The summed E-state index contributed by atoms with van der Waals surface area (Å²) in [4.78, 5) is 2.67. The molecular formula is C9H19ClN2. The zero-order valence-electron chi connectivity index (χ0n) is 7.59. The van der Waals surface area contributed by atoms with Crippen LogP contribution in [0.1, 0.15) is 25.7 Å². The lowest BCUT2D eigenvalue weighted by atomic mass is 10.2. The van der Waals surface area contributed by atoms with Crippen LogP contribution in [-0.4, -0.2) is 37.1 Å². The first-order valence-electron chi connectivity index (χ1n) is 4.91. The largest absolute Gasteiger partial charge is 0.314 e. The SMILES string of the molecule is C1CCC(N2CCNCC2)C1.Cl. The minimum Gasteiger partial charge on any atom is -0.314 e. The molecule has 3 heteroatoms. The number of nitrogens with one attached hydrogen (secondary N) is 1. The molecule has 0 amide bonds. The van der Waals surface area contributed by atoms with Gasteiger partial charge in [-0.05, 0) is 12.8 Å². The van der Waals surface area contributed by atoms with E-state index < -0.39 is 0 Å². The van der Waals surface area contributed by atoms with Gasteiger partial charge in [0.2, 0.25) is 0 Å². The van der Waals surface area contributed by atoms with Gasteiger partial charge in [-0.1, -0.05) is 12.8 Å². The molecule has 2 aliphatic rings. The summed E-state index contributed by atoms with van der Waals surface area (Å²) in [5.41, 5.74) is 0. The summed E-state index contributed by atoms with van der Waals surface area (Å²) in [6.07, 6.45) is 5.85. The average Bonchev–Trinajstić information content (AvgIpc) is 2.58. The molecule has 0 aromatic heterocycles. The Kier molecular flexibility index (Phi) is 4.33. The summed E-state index contributed by atoms with van der Waals surface area (Å²) < 4.78 is 0. The smallest absolute Gasteiger partial charge is 0.0110 e. The first-order chi connectivity index (χ1) is 5.47. The van der Waals surface area contributed by atoms with Crippen molar-refractivity contribution in [2.24, 2.45) is 0 Å². The third-order valence-electron chi connectivity index (χ3n) is 2.99. The molecule has 0 bridgehead atoms. The normalized spacial score (nSPS) is 27.0. The van der Waals surface area contributed by atoms with Crippen LogP contribution in [-0.2, 0) is 0 Å². The van der Waals surface area contributed by atoms with Gasteiger partial charge in [0.05, 0.1) is 0 Å². The molecule has 0 unspecified atom stereocenters. The van der Waals surface area contributed by atoms with Crippen LogP contribution in [0.15, 0.2) is 0 Å². The van der Waals surface area contributed by atoms with Crippen LogP contribution < -0.4 is 5.32 Å². The first kappa shape index (κ1) is 10.3. The molecule has 1 aliphatic carbocycles. The van der Waals surface area contributed by atoms with Gasteiger partial charge in [-0.15, -0.1) is 12.4 Å². The van der Waals surface area contributed by atoms with Crippen molar-refractivity contribution in [2.45, 2.75) is 31.7 Å². The molecule has 1 heterocycles. The molecule has 1 N–H and O–H groups in total. The highest BCUT2D eigenvalue weighted by Crippen LogP contribution is 2.23. The molecule has 1 aliphatic heterocycles. The number of halogens is 1. The molecule has 12 heavy (non-hydrogen) atoms. The van der Waals surface area contributed by atoms with E-state index in [0.29, 0.717) is 0 Å². The van der Waals surface area contributed by atoms with E-state index in [-0.39, 0.29) is 12.4 Å². The van der Waals surface area contributed by atoms with E-state index in [2.05, 4.69) is 10.2 Å². The zero-order valence-corrected chi connectivity index (χ0v) is 8.41.